The van der Waals surface area contributed by atoms with Gasteiger partial charge in [0.1, 0.15) is 23.1 Å². The van der Waals surface area contributed by atoms with Crippen molar-refractivity contribution in [3.05, 3.63) is 34.7 Å². The van der Waals surface area contributed by atoms with Gasteiger partial charge in [0.25, 0.3) is 0 Å². The van der Waals surface area contributed by atoms with Gasteiger partial charge in [0.2, 0.25) is 12.4 Å². The number of ether oxygens (including phenoxy) is 5. The maximum Gasteiger partial charge on any atom is 0.509 e. The monoisotopic (exact) mass is 391 g/mol. The van der Waals surface area contributed by atoms with Crippen LogP contribution in [0.2, 0.25) is 0 Å². The van der Waals surface area contributed by atoms with Gasteiger partial charge < -0.3 is 33.4 Å². The third kappa shape index (κ3) is 3.06. The van der Waals surface area contributed by atoms with Gasteiger partial charge in [0, 0.05) is 25.6 Å². The van der Waals surface area contributed by atoms with E-state index in [1.165, 1.54) is 7.11 Å². The molecular formula is C19H21NO8. The van der Waals surface area contributed by atoms with Crippen LogP contribution in [-0.4, -0.2) is 50.5 Å². The molecule has 150 valence electrons. The number of hydrogen-bond acceptors (Lipinski definition) is 9. The van der Waals surface area contributed by atoms with E-state index in [9.17, 15) is 9.59 Å². The lowest BCUT2D eigenvalue weighted by Crippen LogP contribution is -2.62. The largest absolute Gasteiger partial charge is 0.509 e. The van der Waals surface area contributed by atoms with Gasteiger partial charge in [0.15, 0.2) is 6.10 Å². The van der Waals surface area contributed by atoms with E-state index >= 15 is 0 Å². The molecule has 3 heterocycles. The van der Waals surface area contributed by atoms with Crippen LogP contribution in [0.25, 0.3) is 11.0 Å². The minimum atomic E-state index is -0.918. The molecule has 1 unspecified atom stereocenters. The van der Waals surface area contributed by atoms with E-state index in [4.69, 9.17) is 28.1 Å². The first-order chi connectivity index (χ1) is 13.3. The first-order valence-corrected chi connectivity index (χ1v) is 8.82. The van der Waals surface area contributed by atoms with Crippen molar-refractivity contribution in [3.63, 3.8) is 0 Å². The second-order valence-electron chi connectivity index (χ2n) is 7.18. The van der Waals surface area contributed by atoms with Crippen LogP contribution in [0.1, 0.15) is 13.8 Å². The zero-order chi connectivity index (χ0) is 20.1. The number of nitrogens with one attached hydrogen (secondary N) is 1. The lowest BCUT2D eigenvalue weighted by atomic mass is 9.89. The molecule has 2 aliphatic heterocycles. The van der Waals surface area contributed by atoms with Crippen molar-refractivity contribution in [1.82, 2.24) is 0 Å². The average Bonchev–Trinajstić information content (AvgIpc) is 3.02. The number of hydrogen-bond donors (Lipinski definition) is 1. The maximum atomic E-state index is 11.9. The molecule has 1 N–H and O–H groups in total. The van der Waals surface area contributed by atoms with E-state index in [-0.39, 0.29) is 0 Å². The highest BCUT2D eigenvalue weighted by atomic mass is 16.8. The number of anilines is 1. The zero-order valence-corrected chi connectivity index (χ0v) is 15.9. The third-order valence-electron chi connectivity index (χ3n) is 4.94. The Morgan fingerprint density at radius 3 is 2.57 bits per heavy atom. The molecule has 0 amide bonds. The molecule has 9 heteroatoms. The Bertz CT molecular complexity index is 968. The topological polar surface area (TPSA) is 105 Å². The minimum absolute atomic E-state index is 0.363. The van der Waals surface area contributed by atoms with E-state index in [1.807, 2.05) is 13.8 Å². The number of methoxy groups -OCH3 is 1. The molecule has 2 saturated heterocycles. The van der Waals surface area contributed by atoms with Gasteiger partial charge in [-0.1, -0.05) is 0 Å². The van der Waals surface area contributed by atoms with Crippen LogP contribution in [0.3, 0.4) is 0 Å². The number of carbonyl (C=O) groups excluding carboxylic acids is 1. The van der Waals surface area contributed by atoms with Crippen molar-refractivity contribution in [1.29, 1.82) is 0 Å². The first kappa shape index (κ1) is 18.6. The molecule has 2 aliphatic rings. The average molecular weight is 391 g/mol. The van der Waals surface area contributed by atoms with E-state index < -0.39 is 42.0 Å². The Kier molecular flexibility index (Phi) is 4.43. The lowest BCUT2D eigenvalue weighted by Gasteiger charge is -2.45. The van der Waals surface area contributed by atoms with Crippen molar-refractivity contribution in [3.8, 4) is 5.75 Å². The quantitative estimate of drug-likeness (QED) is 0.620. The Labute approximate surface area is 160 Å². The van der Waals surface area contributed by atoms with Crippen LogP contribution in [0.15, 0.2) is 33.5 Å². The fraction of sp³-hybridized carbons (Fsp3) is 0.474. The number of rotatable bonds is 4. The van der Waals surface area contributed by atoms with Crippen molar-refractivity contribution in [2.24, 2.45) is 0 Å². The van der Waals surface area contributed by atoms with Crippen LogP contribution >= 0.6 is 0 Å². The SMILES string of the molecule is CNc1cc2ccc(OC3OC(C)(C)[C@H](OC)[C@@H]4OC(=O)O[C@H]34)cc2oc1=O. The Balaban J connectivity index is 1.64. The summed E-state index contributed by atoms with van der Waals surface area (Å²) in [6, 6.07) is 6.75. The highest BCUT2D eigenvalue weighted by molar-refractivity contribution is 5.80. The predicted molar refractivity (Wildman–Crippen MR) is 97.5 cm³/mol. The molecule has 2 aromatic rings. The Hall–Kier alpha value is -2.78. The number of carbonyl (C=O) groups is 1. The molecule has 0 radical (unpaired) electrons. The summed E-state index contributed by atoms with van der Waals surface area (Å²) in [4.78, 5) is 23.6. The molecule has 1 aromatic heterocycles. The van der Waals surface area contributed by atoms with Gasteiger partial charge in [-0.25, -0.2) is 9.59 Å². The Morgan fingerprint density at radius 2 is 1.86 bits per heavy atom. The molecule has 0 bridgehead atoms. The van der Waals surface area contributed by atoms with E-state index in [0.29, 0.717) is 17.0 Å². The number of benzene rings is 1. The third-order valence-corrected chi connectivity index (χ3v) is 4.94. The summed E-state index contributed by atoms with van der Waals surface area (Å²) in [6.07, 6.45) is -3.68. The summed E-state index contributed by atoms with van der Waals surface area (Å²) >= 11 is 0. The van der Waals surface area contributed by atoms with Crippen molar-refractivity contribution >= 4 is 22.8 Å². The van der Waals surface area contributed by atoms with Crippen molar-refractivity contribution in [2.75, 3.05) is 19.5 Å². The molecule has 28 heavy (non-hydrogen) atoms. The van der Waals surface area contributed by atoms with E-state index in [2.05, 4.69) is 5.32 Å². The Morgan fingerprint density at radius 1 is 1.11 bits per heavy atom. The summed E-state index contributed by atoms with van der Waals surface area (Å²) < 4.78 is 33.2. The smallest absolute Gasteiger partial charge is 0.461 e. The van der Waals surface area contributed by atoms with E-state index in [0.717, 1.165) is 5.39 Å². The van der Waals surface area contributed by atoms with Gasteiger partial charge in [-0.15, -0.1) is 0 Å². The van der Waals surface area contributed by atoms with Crippen LogP contribution in [0.4, 0.5) is 10.5 Å². The van der Waals surface area contributed by atoms with Gasteiger partial charge in [-0.3, -0.25) is 0 Å². The predicted octanol–water partition coefficient (Wildman–Crippen LogP) is 2.27. The molecule has 0 spiro atoms. The molecular weight excluding hydrogens is 370 g/mol. The van der Waals surface area contributed by atoms with Gasteiger partial charge >= 0.3 is 11.8 Å². The summed E-state index contributed by atoms with van der Waals surface area (Å²) in [6.45, 7) is 3.64. The molecule has 1 aromatic carbocycles. The summed E-state index contributed by atoms with van der Waals surface area (Å²) in [7, 11) is 3.16. The van der Waals surface area contributed by atoms with Crippen LogP contribution in [-0.2, 0) is 18.9 Å². The van der Waals surface area contributed by atoms with Crippen LogP contribution in [0.5, 0.6) is 5.75 Å². The first-order valence-electron chi connectivity index (χ1n) is 8.82. The van der Waals surface area contributed by atoms with E-state index in [1.54, 1.807) is 31.3 Å². The standard InChI is InChI=1S/C19H21NO8/c1-19(2)15(23-4)13-14(27-18(22)26-13)17(28-19)24-10-6-5-9-7-11(20-3)16(21)25-12(9)8-10/h5-8,13-15,17,20H,1-4H3/t13-,14+,15-,17?/m1/s1. The summed E-state index contributed by atoms with van der Waals surface area (Å²) in [5.74, 6) is 0.395. The van der Waals surface area contributed by atoms with Crippen molar-refractivity contribution < 1.29 is 32.9 Å². The van der Waals surface area contributed by atoms with Crippen molar-refractivity contribution in [2.45, 2.75) is 44.1 Å². The van der Waals surface area contributed by atoms with Crippen LogP contribution < -0.4 is 15.7 Å². The molecule has 9 nitrogen and oxygen atoms in total. The fourth-order valence-corrected chi connectivity index (χ4v) is 3.64. The molecule has 0 saturated carbocycles. The van der Waals surface area contributed by atoms with Gasteiger partial charge in [-0.2, -0.15) is 0 Å². The maximum absolute atomic E-state index is 11.9. The zero-order valence-electron chi connectivity index (χ0n) is 15.9. The number of fused-ring (bicyclic) bond motifs is 2. The molecule has 4 atom stereocenters. The second-order valence-corrected chi connectivity index (χ2v) is 7.18. The normalized spacial score (nSPS) is 28.4. The minimum Gasteiger partial charge on any atom is -0.461 e. The van der Waals surface area contributed by atoms with Gasteiger partial charge in [0.05, 0.1) is 5.60 Å². The highest BCUT2D eigenvalue weighted by Gasteiger charge is 2.58. The summed E-state index contributed by atoms with van der Waals surface area (Å²) in [5.41, 5.74) is -0.549. The molecule has 4 rings (SSSR count). The fourth-order valence-electron chi connectivity index (χ4n) is 3.64. The van der Waals surface area contributed by atoms with Gasteiger partial charge in [-0.05, 0) is 32.0 Å². The molecule has 2 fully saturated rings. The molecule has 0 aliphatic carbocycles. The second kappa shape index (κ2) is 6.68. The van der Waals surface area contributed by atoms with Crippen LogP contribution in [0, 0.1) is 0 Å². The lowest BCUT2D eigenvalue weighted by molar-refractivity contribution is -0.282. The highest BCUT2D eigenvalue weighted by Crippen LogP contribution is 2.38. The summed E-state index contributed by atoms with van der Waals surface area (Å²) in [5, 5.41) is 3.51.